The zero-order valence-electron chi connectivity index (χ0n) is 10.9. The molecule has 0 spiro atoms. The summed E-state index contributed by atoms with van der Waals surface area (Å²) in [5, 5.41) is 13.7. The molecular weight excluding hydrogens is 232 g/mol. The van der Waals surface area contributed by atoms with E-state index in [0.29, 0.717) is 12.0 Å². The Balaban J connectivity index is 2.08. The van der Waals surface area contributed by atoms with Crippen LogP contribution in [0.2, 0.25) is 0 Å². The van der Waals surface area contributed by atoms with E-state index in [0.717, 1.165) is 23.5 Å². The fraction of sp³-hybridized carbons (Fsp3) is 0.769. The van der Waals surface area contributed by atoms with E-state index in [9.17, 15) is 5.11 Å². The van der Waals surface area contributed by atoms with Gasteiger partial charge in [0.25, 0.3) is 0 Å². The van der Waals surface area contributed by atoms with E-state index in [2.05, 4.69) is 22.7 Å². The molecule has 1 aliphatic heterocycles. The lowest BCUT2D eigenvalue weighted by molar-refractivity contribution is 0.0568. The van der Waals surface area contributed by atoms with Crippen LogP contribution in [0, 0.1) is 0 Å². The molecule has 1 saturated heterocycles. The molecule has 2 N–H and O–H groups in total. The lowest BCUT2D eigenvalue weighted by Gasteiger charge is -2.26. The van der Waals surface area contributed by atoms with Crippen molar-refractivity contribution in [1.29, 1.82) is 0 Å². The zero-order valence-corrected chi connectivity index (χ0v) is 11.7. The van der Waals surface area contributed by atoms with E-state index in [-0.39, 0.29) is 0 Å². The fourth-order valence-corrected chi connectivity index (χ4v) is 3.08. The molecule has 1 aromatic rings. The minimum Gasteiger partial charge on any atom is -0.385 e. The molecule has 2 heterocycles. The van der Waals surface area contributed by atoms with Crippen molar-refractivity contribution in [1.82, 2.24) is 9.69 Å². The quantitative estimate of drug-likeness (QED) is 0.871. The first-order valence-electron chi connectivity index (χ1n) is 6.45. The van der Waals surface area contributed by atoms with Gasteiger partial charge in [0.2, 0.25) is 0 Å². The van der Waals surface area contributed by atoms with Crippen LogP contribution in [-0.4, -0.2) is 22.1 Å². The Bertz CT molecular complexity index is 367. The standard InChI is InChI=1S/C13H22N2OS/c1-4-13(3,16)12-7-11(15-17-12)10-6-5-9(2)14-8-10/h7,9-10,14,16H,4-6,8H2,1-3H3/t9-,10?,13?/m1/s1. The van der Waals surface area contributed by atoms with Crippen LogP contribution in [0.1, 0.15) is 56.5 Å². The first-order chi connectivity index (χ1) is 8.03. The smallest absolute Gasteiger partial charge is 0.0973 e. The molecule has 3 nitrogen and oxygen atoms in total. The van der Waals surface area contributed by atoms with Gasteiger partial charge in [-0.2, -0.15) is 4.37 Å². The van der Waals surface area contributed by atoms with Crippen molar-refractivity contribution in [2.24, 2.45) is 0 Å². The summed E-state index contributed by atoms with van der Waals surface area (Å²) in [4.78, 5) is 0.994. The Morgan fingerprint density at radius 2 is 2.35 bits per heavy atom. The molecule has 0 radical (unpaired) electrons. The van der Waals surface area contributed by atoms with Gasteiger partial charge >= 0.3 is 0 Å². The van der Waals surface area contributed by atoms with Crippen LogP contribution in [0.4, 0.5) is 0 Å². The molecule has 0 aliphatic carbocycles. The monoisotopic (exact) mass is 254 g/mol. The van der Waals surface area contributed by atoms with E-state index >= 15 is 0 Å². The van der Waals surface area contributed by atoms with Crippen LogP contribution in [-0.2, 0) is 5.60 Å². The third-order valence-corrected chi connectivity index (χ3v) is 4.88. The number of hydrogen-bond acceptors (Lipinski definition) is 4. The molecule has 0 aromatic carbocycles. The van der Waals surface area contributed by atoms with Crippen molar-refractivity contribution in [3.63, 3.8) is 0 Å². The highest BCUT2D eigenvalue weighted by atomic mass is 32.1. The highest BCUT2D eigenvalue weighted by Crippen LogP contribution is 2.32. The van der Waals surface area contributed by atoms with Gasteiger partial charge in [0.15, 0.2) is 0 Å². The second-order valence-corrected chi connectivity index (χ2v) is 6.13. The molecule has 17 heavy (non-hydrogen) atoms. The number of rotatable bonds is 3. The summed E-state index contributed by atoms with van der Waals surface area (Å²) in [5.41, 5.74) is 0.434. The Kier molecular flexibility index (Phi) is 3.85. The Morgan fingerprint density at radius 3 is 2.94 bits per heavy atom. The van der Waals surface area contributed by atoms with E-state index in [4.69, 9.17) is 0 Å². The average molecular weight is 254 g/mol. The lowest BCUT2D eigenvalue weighted by Crippen LogP contribution is -2.35. The molecule has 0 saturated carbocycles. The first kappa shape index (κ1) is 13.0. The van der Waals surface area contributed by atoms with E-state index in [1.54, 1.807) is 0 Å². The average Bonchev–Trinajstić information content (AvgIpc) is 2.80. The zero-order chi connectivity index (χ0) is 12.5. The SMILES string of the molecule is CCC(C)(O)c1cc(C2CC[C@@H](C)NC2)ns1. The molecule has 3 atom stereocenters. The Morgan fingerprint density at radius 1 is 1.59 bits per heavy atom. The lowest BCUT2D eigenvalue weighted by atomic mass is 9.91. The van der Waals surface area contributed by atoms with Gasteiger partial charge in [-0.25, -0.2) is 0 Å². The van der Waals surface area contributed by atoms with Gasteiger partial charge < -0.3 is 10.4 Å². The normalized spacial score (nSPS) is 28.9. The molecular formula is C13H22N2OS. The van der Waals surface area contributed by atoms with Crippen molar-refractivity contribution >= 4 is 11.5 Å². The van der Waals surface area contributed by atoms with Gasteiger partial charge in [0.1, 0.15) is 0 Å². The predicted octanol–water partition coefficient (Wildman–Crippen LogP) is 2.62. The van der Waals surface area contributed by atoms with Crippen LogP contribution < -0.4 is 5.32 Å². The summed E-state index contributed by atoms with van der Waals surface area (Å²) in [7, 11) is 0. The molecule has 2 unspecified atom stereocenters. The maximum atomic E-state index is 10.2. The maximum absolute atomic E-state index is 10.2. The molecule has 96 valence electrons. The summed E-state index contributed by atoms with van der Waals surface area (Å²) in [6, 6.07) is 2.72. The summed E-state index contributed by atoms with van der Waals surface area (Å²) in [6.45, 7) is 7.11. The van der Waals surface area contributed by atoms with E-state index < -0.39 is 5.60 Å². The van der Waals surface area contributed by atoms with Crippen molar-refractivity contribution < 1.29 is 5.11 Å². The van der Waals surface area contributed by atoms with Crippen molar-refractivity contribution in [3.8, 4) is 0 Å². The van der Waals surface area contributed by atoms with Gasteiger partial charge in [0.05, 0.1) is 16.2 Å². The van der Waals surface area contributed by atoms with Crippen LogP contribution >= 0.6 is 11.5 Å². The first-order valence-corrected chi connectivity index (χ1v) is 7.23. The Hall–Kier alpha value is -0.450. The minimum absolute atomic E-state index is 0.517. The summed E-state index contributed by atoms with van der Waals surface area (Å²) in [6.07, 6.45) is 3.14. The van der Waals surface area contributed by atoms with Gasteiger partial charge in [-0.1, -0.05) is 6.92 Å². The number of aliphatic hydroxyl groups is 1. The number of nitrogens with one attached hydrogen (secondary N) is 1. The predicted molar refractivity (Wildman–Crippen MR) is 71.4 cm³/mol. The number of aromatic nitrogens is 1. The fourth-order valence-electron chi connectivity index (χ4n) is 2.16. The molecule has 2 rings (SSSR count). The van der Waals surface area contributed by atoms with Gasteiger partial charge in [-0.3, -0.25) is 0 Å². The third-order valence-electron chi connectivity index (χ3n) is 3.83. The molecule has 0 bridgehead atoms. The number of piperidine rings is 1. The van der Waals surface area contributed by atoms with E-state index in [1.165, 1.54) is 24.4 Å². The van der Waals surface area contributed by atoms with Crippen LogP contribution in [0.3, 0.4) is 0 Å². The van der Waals surface area contributed by atoms with Crippen LogP contribution in [0.25, 0.3) is 0 Å². The molecule has 4 heteroatoms. The molecule has 1 aliphatic rings. The number of nitrogens with zero attached hydrogens (tertiary/aromatic N) is 1. The minimum atomic E-state index is -0.717. The summed E-state index contributed by atoms with van der Waals surface area (Å²) >= 11 is 1.45. The second-order valence-electron chi connectivity index (χ2n) is 5.33. The molecule has 1 aromatic heterocycles. The summed E-state index contributed by atoms with van der Waals surface area (Å²) < 4.78 is 4.52. The van der Waals surface area contributed by atoms with Crippen molar-refractivity contribution in [3.05, 3.63) is 16.6 Å². The van der Waals surface area contributed by atoms with Gasteiger partial charge in [-0.05, 0) is 50.7 Å². The highest BCUT2D eigenvalue weighted by molar-refractivity contribution is 7.06. The van der Waals surface area contributed by atoms with Gasteiger partial charge in [-0.15, -0.1) is 0 Å². The van der Waals surface area contributed by atoms with E-state index in [1.807, 2.05) is 13.8 Å². The number of hydrogen-bond donors (Lipinski definition) is 2. The van der Waals surface area contributed by atoms with Crippen molar-refractivity contribution in [2.45, 2.75) is 57.6 Å². The van der Waals surface area contributed by atoms with Crippen LogP contribution in [0.5, 0.6) is 0 Å². The third kappa shape index (κ3) is 2.87. The van der Waals surface area contributed by atoms with Crippen molar-refractivity contribution in [2.75, 3.05) is 6.54 Å². The van der Waals surface area contributed by atoms with Crippen LogP contribution in [0.15, 0.2) is 6.07 Å². The molecule has 1 fully saturated rings. The largest absolute Gasteiger partial charge is 0.385 e. The maximum Gasteiger partial charge on any atom is 0.0973 e. The Labute approximate surface area is 107 Å². The summed E-state index contributed by atoms with van der Waals surface area (Å²) in [5.74, 6) is 0.517. The highest BCUT2D eigenvalue weighted by Gasteiger charge is 2.27. The molecule has 0 amide bonds. The van der Waals surface area contributed by atoms with Gasteiger partial charge in [0, 0.05) is 18.5 Å². The second kappa shape index (κ2) is 5.04. The topological polar surface area (TPSA) is 45.1 Å².